The van der Waals surface area contributed by atoms with Crippen LogP contribution in [0.25, 0.3) is 0 Å². The van der Waals surface area contributed by atoms with Gasteiger partial charge in [-0.2, -0.15) is 0 Å². The normalized spacial score (nSPS) is 22.3. The van der Waals surface area contributed by atoms with Crippen molar-refractivity contribution in [2.24, 2.45) is 0 Å². The van der Waals surface area contributed by atoms with Gasteiger partial charge in [0.05, 0.1) is 0 Å². The number of carboxylic acid groups (broad SMARTS) is 1. The maximum atomic E-state index is 11.5. The van der Waals surface area contributed by atoms with Gasteiger partial charge in [0.25, 0.3) is 0 Å². The largest absolute Gasteiger partial charge is 0.480 e. The number of carboxylic acids is 1. The molecule has 4 heteroatoms. The third kappa shape index (κ3) is 3.93. The highest BCUT2D eigenvalue weighted by Gasteiger charge is 2.36. The number of nitrogens with zero attached hydrogens (tertiary/aromatic N) is 1. The third-order valence-corrected chi connectivity index (χ3v) is 4.63. The van der Waals surface area contributed by atoms with Crippen molar-refractivity contribution in [1.29, 1.82) is 0 Å². The van der Waals surface area contributed by atoms with E-state index in [4.69, 9.17) is 0 Å². The Morgan fingerprint density at radius 3 is 2.53 bits per heavy atom. The minimum absolute atomic E-state index is 0.288. The molecule has 0 amide bonds. The van der Waals surface area contributed by atoms with E-state index in [-0.39, 0.29) is 5.54 Å². The number of rotatable bonds is 8. The van der Waals surface area contributed by atoms with E-state index >= 15 is 0 Å². The van der Waals surface area contributed by atoms with Crippen LogP contribution in [-0.4, -0.2) is 46.7 Å². The molecule has 0 aromatic carbocycles. The zero-order valence-corrected chi connectivity index (χ0v) is 13.0. The molecule has 1 rings (SSSR count). The summed E-state index contributed by atoms with van der Waals surface area (Å²) in [5.41, 5.74) is -0.450. The predicted molar refractivity (Wildman–Crippen MR) is 78.5 cm³/mol. The van der Waals surface area contributed by atoms with Gasteiger partial charge in [-0.1, -0.05) is 13.8 Å². The van der Waals surface area contributed by atoms with Crippen molar-refractivity contribution < 1.29 is 9.90 Å². The minimum Gasteiger partial charge on any atom is -0.480 e. The smallest absolute Gasteiger partial charge is 0.323 e. The van der Waals surface area contributed by atoms with Crippen LogP contribution in [-0.2, 0) is 4.79 Å². The zero-order chi connectivity index (χ0) is 14.5. The highest BCUT2D eigenvalue weighted by atomic mass is 16.4. The molecule has 0 bridgehead atoms. The first-order chi connectivity index (χ1) is 8.88. The van der Waals surface area contributed by atoms with Gasteiger partial charge in [0.15, 0.2) is 0 Å². The fourth-order valence-electron chi connectivity index (χ4n) is 3.21. The van der Waals surface area contributed by atoms with Gasteiger partial charge in [0.2, 0.25) is 0 Å². The Kier molecular flexibility index (Phi) is 5.81. The van der Waals surface area contributed by atoms with Gasteiger partial charge in [-0.05, 0) is 65.6 Å². The Morgan fingerprint density at radius 2 is 2.11 bits per heavy atom. The van der Waals surface area contributed by atoms with Crippen LogP contribution in [0.5, 0.6) is 0 Å². The Hall–Kier alpha value is -0.610. The highest BCUT2D eigenvalue weighted by Crippen LogP contribution is 2.29. The Morgan fingerprint density at radius 1 is 1.42 bits per heavy atom. The maximum absolute atomic E-state index is 11.5. The fourth-order valence-corrected chi connectivity index (χ4v) is 3.21. The second-order valence-corrected chi connectivity index (χ2v) is 6.28. The topological polar surface area (TPSA) is 52.6 Å². The van der Waals surface area contributed by atoms with Gasteiger partial charge in [0, 0.05) is 5.54 Å². The molecule has 1 atom stereocenters. The lowest BCUT2D eigenvalue weighted by molar-refractivity contribution is -0.145. The molecular formula is C15H30N2O2. The summed E-state index contributed by atoms with van der Waals surface area (Å²) in [6.45, 7) is 11.4. The molecule has 4 nitrogen and oxygen atoms in total. The average Bonchev–Trinajstić information content (AvgIpc) is 2.67. The van der Waals surface area contributed by atoms with E-state index in [1.165, 1.54) is 12.8 Å². The van der Waals surface area contributed by atoms with E-state index in [0.29, 0.717) is 19.4 Å². The first-order valence-corrected chi connectivity index (χ1v) is 7.61. The third-order valence-electron chi connectivity index (χ3n) is 4.63. The molecule has 19 heavy (non-hydrogen) atoms. The van der Waals surface area contributed by atoms with Crippen LogP contribution < -0.4 is 5.32 Å². The summed E-state index contributed by atoms with van der Waals surface area (Å²) >= 11 is 0. The summed E-state index contributed by atoms with van der Waals surface area (Å²) in [5, 5.41) is 12.6. The highest BCUT2D eigenvalue weighted by molar-refractivity contribution is 5.78. The van der Waals surface area contributed by atoms with Crippen molar-refractivity contribution in [2.45, 2.75) is 70.9 Å². The Balaban J connectivity index is 2.51. The number of carbonyl (C=O) groups is 1. The first-order valence-electron chi connectivity index (χ1n) is 7.61. The summed E-state index contributed by atoms with van der Waals surface area (Å²) in [7, 11) is 0. The second kappa shape index (κ2) is 6.71. The van der Waals surface area contributed by atoms with Crippen molar-refractivity contribution in [3.05, 3.63) is 0 Å². The molecule has 2 N–H and O–H groups in total. The standard InChI is InChI=1S/C15H30N2O2/c1-5-15(13(18)19,16-6-2)10-8-12-17-11-7-9-14(17,3)4/h16H,5-12H2,1-4H3,(H,18,19). The molecule has 1 aliphatic rings. The molecule has 1 saturated heterocycles. The molecule has 0 aliphatic carbocycles. The quantitative estimate of drug-likeness (QED) is 0.711. The van der Waals surface area contributed by atoms with E-state index in [2.05, 4.69) is 24.1 Å². The lowest BCUT2D eigenvalue weighted by Crippen LogP contribution is -2.52. The molecule has 1 fully saturated rings. The molecule has 0 aromatic heterocycles. The van der Waals surface area contributed by atoms with Gasteiger partial charge >= 0.3 is 5.97 Å². The summed E-state index contributed by atoms with van der Waals surface area (Å²) in [5.74, 6) is -0.711. The van der Waals surface area contributed by atoms with Crippen LogP contribution in [0.2, 0.25) is 0 Å². The summed E-state index contributed by atoms with van der Waals surface area (Å²) < 4.78 is 0. The van der Waals surface area contributed by atoms with Gasteiger partial charge in [-0.25, -0.2) is 0 Å². The SMILES string of the molecule is CCNC(CC)(CCCN1CCCC1(C)C)C(=O)O. The summed E-state index contributed by atoms with van der Waals surface area (Å²) in [6, 6.07) is 0. The van der Waals surface area contributed by atoms with E-state index < -0.39 is 11.5 Å². The van der Waals surface area contributed by atoms with E-state index in [9.17, 15) is 9.90 Å². The van der Waals surface area contributed by atoms with Gasteiger partial charge in [-0.3, -0.25) is 9.69 Å². The van der Waals surface area contributed by atoms with E-state index in [0.717, 1.165) is 19.5 Å². The molecule has 0 radical (unpaired) electrons. The van der Waals surface area contributed by atoms with Gasteiger partial charge in [-0.15, -0.1) is 0 Å². The van der Waals surface area contributed by atoms with Crippen LogP contribution in [0.15, 0.2) is 0 Å². The van der Waals surface area contributed by atoms with Crippen molar-refractivity contribution in [1.82, 2.24) is 10.2 Å². The molecule has 0 saturated carbocycles. The number of aliphatic carboxylic acids is 1. The lowest BCUT2D eigenvalue weighted by atomic mass is 9.90. The maximum Gasteiger partial charge on any atom is 0.323 e. The molecular weight excluding hydrogens is 240 g/mol. The van der Waals surface area contributed by atoms with Crippen LogP contribution >= 0.6 is 0 Å². The van der Waals surface area contributed by atoms with Crippen LogP contribution in [0, 0.1) is 0 Å². The average molecular weight is 270 g/mol. The summed E-state index contributed by atoms with van der Waals surface area (Å²) in [6.07, 6.45) is 4.80. The van der Waals surface area contributed by atoms with Crippen molar-refractivity contribution >= 4 is 5.97 Å². The molecule has 1 unspecified atom stereocenters. The Labute approximate surface area is 117 Å². The number of hydrogen-bond donors (Lipinski definition) is 2. The zero-order valence-electron chi connectivity index (χ0n) is 13.0. The molecule has 0 spiro atoms. The number of nitrogens with one attached hydrogen (secondary N) is 1. The number of likely N-dealkylation sites (tertiary alicyclic amines) is 1. The van der Waals surface area contributed by atoms with Crippen LogP contribution in [0.4, 0.5) is 0 Å². The van der Waals surface area contributed by atoms with Crippen LogP contribution in [0.3, 0.4) is 0 Å². The van der Waals surface area contributed by atoms with Gasteiger partial charge in [0.1, 0.15) is 5.54 Å². The van der Waals surface area contributed by atoms with E-state index in [1.54, 1.807) is 0 Å². The molecule has 1 heterocycles. The lowest BCUT2D eigenvalue weighted by Gasteiger charge is -2.34. The van der Waals surface area contributed by atoms with E-state index in [1.807, 2.05) is 13.8 Å². The number of hydrogen-bond acceptors (Lipinski definition) is 3. The monoisotopic (exact) mass is 270 g/mol. The second-order valence-electron chi connectivity index (χ2n) is 6.28. The van der Waals surface area contributed by atoms with Crippen molar-refractivity contribution in [2.75, 3.05) is 19.6 Å². The molecule has 1 aliphatic heterocycles. The first kappa shape index (κ1) is 16.4. The minimum atomic E-state index is -0.737. The summed E-state index contributed by atoms with van der Waals surface area (Å²) in [4.78, 5) is 14.0. The van der Waals surface area contributed by atoms with Crippen molar-refractivity contribution in [3.8, 4) is 0 Å². The molecule has 0 aromatic rings. The predicted octanol–water partition coefficient (Wildman–Crippen LogP) is 2.48. The van der Waals surface area contributed by atoms with Crippen LogP contribution in [0.1, 0.15) is 59.8 Å². The Bertz CT molecular complexity index is 305. The van der Waals surface area contributed by atoms with Gasteiger partial charge < -0.3 is 10.4 Å². The fraction of sp³-hybridized carbons (Fsp3) is 0.933. The molecule has 112 valence electrons. The van der Waals surface area contributed by atoms with Crippen molar-refractivity contribution in [3.63, 3.8) is 0 Å². The number of likely N-dealkylation sites (N-methyl/N-ethyl adjacent to an activating group) is 1.